The standard InChI is InChI=1S/C8H12AsNO5S/c11-6-5-10-16(14,15)8-3-1-7(2-4-8)9(12)13/h1-4,10-13H,5-6H2. The van der Waals surface area contributed by atoms with Crippen LogP contribution in [0.1, 0.15) is 0 Å². The Bertz CT molecular complexity index is 430. The van der Waals surface area contributed by atoms with Crippen molar-refractivity contribution in [1.29, 1.82) is 0 Å². The Kier molecular flexibility index (Phi) is 4.91. The molecule has 0 unspecified atom stereocenters. The van der Waals surface area contributed by atoms with E-state index in [-0.39, 0.29) is 18.0 Å². The average Bonchev–Trinajstić information content (AvgIpc) is 2.26. The van der Waals surface area contributed by atoms with Crippen LogP contribution in [0.3, 0.4) is 0 Å². The molecule has 6 nitrogen and oxygen atoms in total. The van der Waals surface area contributed by atoms with Gasteiger partial charge < -0.3 is 0 Å². The van der Waals surface area contributed by atoms with Gasteiger partial charge in [0.2, 0.25) is 0 Å². The van der Waals surface area contributed by atoms with E-state index in [0.29, 0.717) is 4.35 Å². The Balaban J connectivity index is 2.89. The summed E-state index contributed by atoms with van der Waals surface area (Å²) < 4.78 is 43.5. The Morgan fingerprint density at radius 2 is 1.75 bits per heavy atom. The zero-order valence-corrected chi connectivity index (χ0v) is 10.9. The van der Waals surface area contributed by atoms with Crippen LogP contribution in [0.4, 0.5) is 0 Å². The molecule has 4 N–H and O–H groups in total. The fraction of sp³-hybridized carbons (Fsp3) is 0.250. The molecule has 0 fully saturated rings. The quantitative estimate of drug-likeness (QED) is 0.455. The van der Waals surface area contributed by atoms with Crippen molar-refractivity contribution in [3.8, 4) is 0 Å². The van der Waals surface area contributed by atoms with E-state index in [0.717, 1.165) is 0 Å². The van der Waals surface area contributed by atoms with Crippen LogP contribution in [0.15, 0.2) is 29.2 Å². The first-order valence-electron chi connectivity index (χ1n) is 4.36. The number of hydrogen-bond acceptors (Lipinski definition) is 5. The maximum atomic E-state index is 11.5. The van der Waals surface area contributed by atoms with Gasteiger partial charge in [0, 0.05) is 0 Å². The molecule has 1 aromatic carbocycles. The van der Waals surface area contributed by atoms with E-state index in [1.54, 1.807) is 0 Å². The monoisotopic (exact) mass is 309 g/mol. The number of benzene rings is 1. The molecule has 1 rings (SSSR count). The molecule has 0 amide bonds. The van der Waals surface area contributed by atoms with E-state index in [9.17, 15) is 8.42 Å². The normalized spacial score (nSPS) is 12.0. The van der Waals surface area contributed by atoms with Gasteiger partial charge in [0.25, 0.3) is 0 Å². The third-order valence-electron chi connectivity index (χ3n) is 1.78. The molecule has 0 bridgehead atoms. The summed E-state index contributed by atoms with van der Waals surface area (Å²) in [7, 11) is -3.62. The molecule has 90 valence electrons. The molecule has 0 radical (unpaired) electrons. The zero-order chi connectivity index (χ0) is 12.2. The summed E-state index contributed by atoms with van der Waals surface area (Å²) in [6, 6.07) is 5.33. The van der Waals surface area contributed by atoms with E-state index in [1.807, 2.05) is 0 Å². The number of rotatable bonds is 5. The van der Waals surface area contributed by atoms with Gasteiger partial charge in [-0.1, -0.05) is 0 Å². The second-order valence-corrected chi connectivity index (χ2v) is 6.97. The predicted molar refractivity (Wildman–Crippen MR) is 58.5 cm³/mol. The van der Waals surface area contributed by atoms with Crippen LogP contribution in [0.25, 0.3) is 0 Å². The van der Waals surface area contributed by atoms with Crippen LogP contribution >= 0.6 is 0 Å². The number of aliphatic hydroxyl groups excluding tert-OH is 1. The van der Waals surface area contributed by atoms with Crippen molar-refractivity contribution in [3.05, 3.63) is 24.3 Å². The summed E-state index contributed by atoms with van der Waals surface area (Å²) in [6.45, 7) is -0.332. The van der Waals surface area contributed by atoms with Crippen LogP contribution in [0.2, 0.25) is 0 Å². The second kappa shape index (κ2) is 5.77. The number of aliphatic hydroxyl groups is 1. The van der Waals surface area contributed by atoms with Gasteiger partial charge in [-0.2, -0.15) is 0 Å². The molecular formula is C8H12AsNO5S. The van der Waals surface area contributed by atoms with Crippen molar-refractivity contribution in [1.82, 2.24) is 4.72 Å². The van der Waals surface area contributed by atoms with Gasteiger partial charge in [0.1, 0.15) is 0 Å². The molecule has 0 atom stereocenters. The Morgan fingerprint density at radius 1 is 1.19 bits per heavy atom. The predicted octanol–water partition coefficient (Wildman–Crippen LogP) is -2.36. The van der Waals surface area contributed by atoms with Gasteiger partial charge in [-0.15, -0.1) is 0 Å². The molecule has 8 heteroatoms. The molecule has 0 aliphatic carbocycles. The van der Waals surface area contributed by atoms with Gasteiger partial charge in [-0.05, 0) is 0 Å². The van der Waals surface area contributed by atoms with Crippen LogP contribution < -0.4 is 9.07 Å². The summed E-state index contributed by atoms with van der Waals surface area (Å²) in [5, 5.41) is 8.51. The van der Waals surface area contributed by atoms with E-state index in [4.69, 9.17) is 13.3 Å². The third kappa shape index (κ3) is 3.55. The SMILES string of the molecule is O=S(=O)(NCCO)c1ccc([As](O)O)cc1. The fourth-order valence-corrected chi connectivity index (χ4v) is 2.92. The minimum atomic E-state index is -3.62. The van der Waals surface area contributed by atoms with Gasteiger partial charge in [-0.3, -0.25) is 0 Å². The molecule has 0 saturated heterocycles. The number of sulfonamides is 1. The molecule has 0 spiro atoms. The summed E-state index contributed by atoms with van der Waals surface area (Å²) in [5.41, 5.74) is 0. The Hall–Kier alpha value is -0.432. The molecule has 16 heavy (non-hydrogen) atoms. The first kappa shape index (κ1) is 13.6. The van der Waals surface area contributed by atoms with E-state index in [1.165, 1.54) is 24.3 Å². The molecule has 0 aliphatic rings. The number of nitrogens with one attached hydrogen (secondary N) is 1. The topological polar surface area (TPSA) is 107 Å². The molecule has 0 saturated carbocycles. The van der Waals surface area contributed by atoms with Crippen molar-refractivity contribution in [3.63, 3.8) is 0 Å². The molecule has 0 aromatic heterocycles. The van der Waals surface area contributed by atoms with Crippen LogP contribution in [-0.4, -0.2) is 50.2 Å². The average molecular weight is 309 g/mol. The van der Waals surface area contributed by atoms with Gasteiger partial charge in [-0.25, -0.2) is 0 Å². The van der Waals surface area contributed by atoms with Gasteiger partial charge >= 0.3 is 98.5 Å². The van der Waals surface area contributed by atoms with E-state index < -0.39 is 25.4 Å². The molecular weight excluding hydrogens is 297 g/mol. The van der Waals surface area contributed by atoms with Crippen molar-refractivity contribution in [2.75, 3.05) is 13.2 Å². The Labute approximate surface area is 98.6 Å². The molecule has 0 heterocycles. The van der Waals surface area contributed by atoms with Gasteiger partial charge in [0.15, 0.2) is 0 Å². The summed E-state index contributed by atoms with van der Waals surface area (Å²) in [4.78, 5) is 0.0283. The van der Waals surface area contributed by atoms with E-state index in [2.05, 4.69) is 4.72 Å². The minimum absolute atomic E-state index is 0.0283. The molecule has 0 aliphatic heterocycles. The van der Waals surface area contributed by atoms with Crippen molar-refractivity contribution >= 4 is 29.7 Å². The third-order valence-corrected chi connectivity index (χ3v) is 4.85. The fourth-order valence-electron chi connectivity index (χ4n) is 1.02. The van der Waals surface area contributed by atoms with Crippen LogP contribution in [-0.2, 0) is 10.0 Å². The first-order valence-corrected chi connectivity index (χ1v) is 8.46. The van der Waals surface area contributed by atoms with Crippen molar-refractivity contribution in [2.24, 2.45) is 0 Å². The van der Waals surface area contributed by atoms with Crippen LogP contribution in [0, 0.1) is 0 Å². The Morgan fingerprint density at radius 3 is 2.19 bits per heavy atom. The zero-order valence-electron chi connectivity index (χ0n) is 8.24. The first-order chi connectivity index (χ1) is 7.47. The maximum absolute atomic E-state index is 11.5. The van der Waals surface area contributed by atoms with Crippen molar-refractivity contribution < 1.29 is 21.7 Å². The second-order valence-electron chi connectivity index (χ2n) is 2.90. The van der Waals surface area contributed by atoms with Crippen molar-refractivity contribution in [2.45, 2.75) is 4.90 Å². The summed E-state index contributed by atoms with van der Waals surface area (Å²) >= 11 is -2.94. The van der Waals surface area contributed by atoms with Crippen LogP contribution in [0.5, 0.6) is 0 Å². The molecule has 1 aromatic rings. The van der Waals surface area contributed by atoms with Gasteiger partial charge in [0.05, 0.1) is 0 Å². The number of hydrogen-bond donors (Lipinski definition) is 4. The van der Waals surface area contributed by atoms with E-state index >= 15 is 0 Å². The summed E-state index contributed by atoms with van der Waals surface area (Å²) in [5.74, 6) is 0. The summed E-state index contributed by atoms with van der Waals surface area (Å²) in [6.07, 6.45) is 0.